The van der Waals surface area contributed by atoms with Crippen molar-refractivity contribution in [1.82, 2.24) is 0 Å². The van der Waals surface area contributed by atoms with E-state index in [4.69, 9.17) is 21.8 Å². The molecule has 0 saturated heterocycles. The second kappa shape index (κ2) is 3.43. The Labute approximate surface area is 77.6 Å². The Kier molecular flexibility index (Phi) is 2.76. The largest absolute Gasteiger partial charge is 0.506 e. The summed E-state index contributed by atoms with van der Waals surface area (Å²) in [5.41, 5.74) is 0.618. The Bertz CT molecular complexity index is 275. The molecule has 0 unspecified atom stereocenters. The van der Waals surface area contributed by atoms with E-state index in [0.717, 1.165) is 0 Å². The maximum absolute atomic E-state index is 9.09. The van der Waals surface area contributed by atoms with Gasteiger partial charge in [-0.25, -0.2) is 0 Å². The second-order valence-electron chi connectivity index (χ2n) is 2.05. The highest BCUT2D eigenvalue weighted by Crippen LogP contribution is 2.29. The highest BCUT2D eigenvalue weighted by atomic mass is 79.9. The molecule has 1 aromatic carbocycles. The van der Waals surface area contributed by atoms with Crippen molar-refractivity contribution in [1.29, 1.82) is 0 Å². The van der Waals surface area contributed by atoms with Crippen molar-refractivity contribution in [2.75, 3.05) is 0 Å². The third-order valence-electron chi connectivity index (χ3n) is 1.29. The molecule has 2 N–H and O–H groups in total. The highest BCUT2D eigenvalue weighted by molar-refractivity contribution is 9.10. The van der Waals surface area contributed by atoms with E-state index in [2.05, 4.69) is 15.9 Å². The number of aliphatic hydroxyl groups is 1. The van der Waals surface area contributed by atoms with Gasteiger partial charge in [0.05, 0.1) is 11.6 Å². The number of hydrogen-bond acceptors (Lipinski definition) is 2. The van der Waals surface area contributed by atoms with E-state index >= 15 is 0 Å². The lowest BCUT2D eigenvalue weighted by Gasteiger charge is -2.02. The third kappa shape index (κ3) is 1.86. The van der Waals surface area contributed by atoms with Crippen LogP contribution in [0.5, 0.6) is 5.75 Å². The average molecular weight is 237 g/mol. The molecule has 0 spiro atoms. The number of benzene rings is 1. The highest BCUT2D eigenvalue weighted by Gasteiger charge is 2.03. The fourth-order valence-electron chi connectivity index (χ4n) is 0.702. The van der Waals surface area contributed by atoms with Gasteiger partial charge in [-0.2, -0.15) is 0 Å². The first-order chi connectivity index (χ1) is 5.15. The Hall–Kier alpha value is -0.250. The van der Waals surface area contributed by atoms with Crippen LogP contribution in [0.4, 0.5) is 0 Å². The Morgan fingerprint density at radius 1 is 1.45 bits per heavy atom. The molecular formula is C7H6BrClO2. The molecule has 60 valence electrons. The summed E-state index contributed by atoms with van der Waals surface area (Å²) in [5.74, 6) is -0.0149. The molecule has 0 bridgehead atoms. The van der Waals surface area contributed by atoms with Crippen molar-refractivity contribution >= 4 is 27.5 Å². The van der Waals surface area contributed by atoms with Crippen LogP contribution in [-0.4, -0.2) is 10.2 Å². The number of hydrogen-bond donors (Lipinski definition) is 2. The monoisotopic (exact) mass is 236 g/mol. The molecule has 2 nitrogen and oxygen atoms in total. The van der Waals surface area contributed by atoms with Gasteiger partial charge in [-0.3, -0.25) is 0 Å². The van der Waals surface area contributed by atoms with Crippen LogP contribution in [0, 0.1) is 0 Å². The van der Waals surface area contributed by atoms with Crippen LogP contribution in [0.25, 0.3) is 0 Å². The number of aromatic hydroxyl groups is 1. The van der Waals surface area contributed by atoms with Crippen molar-refractivity contribution < 1.29 is 10.2 Å². The molecule has 1 rings (SSSR count). The smallest absolute Gasteiger partial charge is 0.134 e. The van der Waals surface area contributed by atoms with Crippen LogP contribution in [0.1, 0.15) is 5.56 Å². The normalized spacial score (nSPS) is 10.1. The first kappa shape index (κ1) is 8.84. The zero-order valence-electron chi connectivity index (χ0n) is 5.51. The summed E-state index contributed by atoms with van der Waals surface area (Å²) in [6.45, 7) is -0.120. The maximum Gasteiger partial charge on any atom is 0.134 e. The molecule has 0 amide bonds. The Balaban J connectivity index is 3.21. The van der Waals surface area contributed by atoms with E-state index in [-0.39, 0.29) is 17.4 Å². The van der Waals surface area contributed by atoms with Crippen molar-refractivity contribution in [2.45, 2.75) is 6.61 Å². The summed E-state index contributed by atoms with van der Waals surface area (Å²) in [4.78, 5) is 0. The minimum Gasteiger partial charge on any atom is -0.506 e. The van der Waals surface area contributed by atoms with E-state index < -0.39 is 0 Å². The second-order valence-corrected chi connectivity index (χ2v) is 3.31. The van der Waals surface area contributed by atoms with Crippen molar-refractivity contribution in [3.8, 4) is 5.75 Å². The van der Waals surface area contributed by atoms with Gasteiger partial charge in [-0.1, -0.05) is 27.5 Å². The summed E-state index contributed by atoms with van der Waals surface area (Å²) >= 11 is 8.77. The first-order valence-electron chi connectivity index (χ1n) is 2.93. The Morgan fingerprint density at radius 2 is 2.09 bits per heavy atom. The predicted octanol–water partition coefficient (Wildman–Crippen LogP) is 2.30. The van der Waals surface area contributed by atoms with Gasteiger partial charge in [0.15, 0.2) is 0 Å². The summed E-state index contributed by atoms with van der Waals surface area (Å²) < 4.78 is 0.697. The van der Waals surface area contributed by atoms with Crippen molar-refractivity contribution in [3.63, 3.8) is 0 Å². The molecule has 0 radical (unpaired) electrons. The fraction of sp³-hybridized carbons (Fsp3) is 0.143. The molecule has 0 aromatic heterocycles. The first-order valence-corrected chi connectivity index (χ1v) is 4.10. The zero-order chi connectivity index (χ0) is 8.43. The quantitative estimate of drug-likeness (QED) is 0.787. The standard InChI is InChI=1S/C7H6BrClO2/c8-5-2-6(9)7(11)1-4(5)3-10/h1-2,10-11H,3H2. The molecule has 0 aliphatic carbocycles. The van der Waals surface area contributed by atoms with Gasteiger partial charge in [0, 0.05) is 4.47 Å². The summed E-state index contributed by atoms with van der Waals surface area (Å²) in [6, 6.07) is 2.97. The number of rotatable bonds is 1. The molecule has 0 heterocycles. The molecule has 0 aliphatic heterocycles. The number of halogens is 2. The molecule has 0 saturated carbocycles. The van der Waals surface area contributed by atoms with Gasteiger partial charge >= 0.3 is 0 Å². The lowest BCUT2D eigenvalue weighted by molar-refractivity contribution is 0.280. The molecule has 4 heteroatoms. The molecular weight excluding hydrogens is 231 g/mol. The van der Waals surface area contributed by atoms with Crippen LogP contribution < -0.4 is 0 Å². The minimum absolute atomic E-state index is 0.0149. The van der Waals surface area contributed by atoms with Gasteiger partial charge in [-0.05, 0) is 17.7 Å². The van der Waals surface area contributed by atoms with E-state index in [9.17, 15) is 0 Å². The number of aliphatic hydroxyl groups excluding tert-OH is 1. The van der Waals surface area contributed by atoms with Crippen LogP contribution in [0.2, 0.25) is 5.02 Å². The van der Waals surface area contributed by atoms with Crippen LogP contribution in [-0.2, 0) is 6.61 Å². The van der Waals surface area contributed by atoms with E-state index in [0.29, 0.717) is 10.0 Å². The molecule has 0 aliphatic rings. The van der Waals surface area contributed by atoms with Gasteiger partial charge < -0.3 is 10.2 Å². The Morgan fingerprint density at radius 3 is 2.64 bits per heavy atom. The predicted molar refractivity (Wildman–Crippen MR) is 46.7 cm³/mol. The molecule has 0 fully saturated rings. The molecule has 11 heavy (non-hydrogen) atoms. The van der Waals surface area contributed by atoms with Crippen LogP contribution in [0.3, 0.4) is 0 Å². The summed E-state index contributed by atoms with van der Waals surface area (Å²) in [7, 11) is 0. The maximum atomic E-state index is 9.09. The SMILES string of the molecule is OCc1cc(O)c(Cl)cc1Br. The zero-order valence-corrected chi connectivity index (χ0v) is 7.85. The number of phenols is 1. The number of phenolic OH excluding ortho intramolecular Hbond substituents is 1. The summed E-state index contributed by atoms with van der Waals surface area (Å²) in [6.07, 6.45) is 0. The minimum atomic E-state index is -0.120. The lowest BCUT2D eigenvalue weighted by Crippen LogP contribution is -1.84. The van der Waals surface area contributed by atoms with Crippen molar-refractivity contribution in [2.24, 2.45) is 0 Å². The van der Waals surface area contributed by atoms with Crippen LogP contribution >= 0.6 is 27.5 Å². The average Bonchev–Trinajstić information content (AvgIpc) is 1.97. The van der Waals surface area contributed by atoms with E-state index in [1.807, 2.05) is 0 Å². The van der Waals surface area contributed by atoms with E-state index in [1.165, 1.54) is 6.07 Å². The molecule has 0 atom stereocenters. The van der Waals surface area contributed by atoms with Crippen molar-refractivity contribution in [3.05, 3.63) is 27.2 Å². The lowest BCUT2D eigenvalue weighted by atomic mass is 10.2. The topological polar surface area (TPSA) is 40.5 Å². The van der Waals surface area contributed by atoms with Gasteiger partial charge in [0.2, 0.25) is 0 Å². The van der Waals surface area contributed by atoms with Crippen LogP contribution in [0.15, 0.2) is 16.6 Å². The van der Waals surface area contributed by atoms with E-state index in [1.54, 1.807) is 6.07 Å². The van der Waals surface area contributed by atoms with Gasteiger partial charge in [-0.15, -0.1) is 0 Å². The third-order valence-corrected chi connectivity index (χ3v) is 2.33. The van der Waals surface area contributed by atoms with Gasteiger partial charge in [0.1, 0.15) is 5.75 Å². The fourth-order valence-corrected chi connectivity index (χ4v) is 1.47. The van der Waals surface area contributed by atoms with Gasteiger partial charge in [0.25, 0.3) is 0 Å². The molecule has 1 aromatic rings. The summed E-state index contributed by atoms with van der Waals surface area (Å²) in [5, 5.41) is 18.1.